The predicted octanol–water partition coefficient (Wildman–Crippen LogP) is 1.31. The molecule has 0 bridgehead atoms. The molecule has 1 aliphatic carbocycles. The van der Waals surface area contributed by atoms with Crippen molar-refractivity contribution in [2.75, 3.05) is 10.6 Å². The molecule has 0 radical (unpaired) electrons. The van der Waals surface area contributed by atoms with Gasteiger partial charge >= 0.3 is 0 Å². The van der Waals surface area contributed by atoms with Gasteiger partial charge in [0, 0.05) is 17.6 Å². The molecule has 36 heavy (non-hydrogen) atoms. The average Bonchev–Trinajstić information content (AvgIpc) is 2.86. The fraction of sp³-hybridized carbons (Fsp3) is 0.100. The number of benzene rings is 1. The smallest absolute Gasteiger partial charge is 0.292 e. The van der Waals surface area contributed by atoms with Gasteiger partial charge in [-0.3, -0.25) is 9.11 Å². The van der Waals surface area contributed by atoms with Gasteiger partial charge in [-0.15, -0.1) is 0 Å². The Morgan fingerprint density at radius 3 is 1.78 bits per heavy atom. The van der Waals surface area contributed by atoms with Crippen molar-refractivity contribution < 1.29 is 25.9 Å². The maximum Gasteiger partial charge on any atom is 0.292 e. The van der Waals surface area contributed by atoms with E-state index in [0.29, 0.717) is 5.56 Å². The van der Waals surface area contributed by atoms with Crippen molar-refractivity contribution in [2.45, 2.75) is 10.5 Å². The van der Waals surface area contributed by atoms with Crippen LogP contribution in [-0.2, 0) is 20.2 Å². The van der Waals surface area contributed by atoms with Crippen LogP contribution in [0.25, 0.3) is 5.70 Å². The van der Waals surface area contributed by atoms with Gasteiger partial charge in [0.1, 0.15) is 25.3 Å². The van der Waals surface area contributed by atoms with Crippen molar-refractivity contribution >= 4 is 37.8 Å². The third-order valence-electron chi connectivity index (χ3n) is 5.07. The Bertz CT molecular complexity index is 1510. The lowest BCUT2D eigenvalue weighted by atomic mass is 9.96. The summed E-state index contributed by atoms with van der Waals surface area (Å²) in [5.41, 5.74) is -0.242. The summed E-state index contributed by atoms with van der Waals surface area (Å²) in [6.07, 6.45) is 7.64. The Hall–Kier alpha value is -4.12. The Kier molecular flexibility index (Phi) is 6.84. The van der Waals surface area contributed by atoms with Crippen LogP contribution in [0.3, 0.4) is 0 Å². The minimum Gasteiger partial charge on any atom is -0.322 e. The molecule has 0 fully saturated rings. The van der Waals surface area contributed by atoms with Gasteiger partial charge in [-0.05, 0) is 0 Å². The largest absolute Gasteiger partial charge is 0.322 e. The summed E-state index contributed by atoms with van der Waals surface area (Å²) in [7, 11) is -10.9. The minimum atomic E-state index is -5.47. The van der Waals surface area contributed by atoms with Crippen molar-refractivity contribution in [1.29, 1.82) is 0 Å². The molecule has 3 aromatic rings. The van der Waals surface area contributed by atoms with Gasteiger partial charge < -0.3 is 10.6 Å². The highest BCUT2D eigenvalue weighted by atomic mass is 32.3. The van der Waals surface area contributed by atoms with Gasteiger partial charge in [0.25, 0.3) is 24.3 Å². The van der Waals surface area contributed by atoms with E-state index < -0.39 is 36.3 Å². The summed E-state index contributed by atoms with van der Waals surface area (Å²) in [4.78, 5) is 23.4. The zero-order valence-corrected chi connectivity index (χ0v) is 19.8. The molecule has 0 saturated carbocycles. The fourth-order valence-corrected chi connectivity index (χ4v) is 6.07. The molecule has 2 aromatic heterocycles. The second-order valence-corrected chi connectivity index (χ2v) is 10.8. The number of anilines is 2. The van der Waals surface area contributed by atoms with Crippen LogP contribution in [0.1, 0.15) is 12.0 Å². The zero-order valence-electron chi connectivity index (χ0n) is 18.2. The van der Waals surface area contributed by atoms with E-state index >= 15 is 0 Å². The highest BCUT2D eigenvalue weighted by Gasteiger charge is 2.58. The van der Waals surface area contributed by atoms with Gasteiger partial charge in [-0.25, -0.2) is 29.9 Å². The third-order valence-corrected chi connectivity index (χ3v) is 8.78. The summed E-state index contributed by atoms with van der Waals surface area (Å²) < 4.78 is 67.7. The van der Waals surface area contributed by atoms with Crippen LogP contribution in [0.4, 0.5) is 11.9 Å². The molecule has 2 heterocycles. The molecule has 0 spiro atoms. The lowest BCUT2D eigenvalue weighted by molar-refractivity contribution is 0.434. The first-order valence-electron chi connectivity index (χ1n) is 10.0. The molecule has 0 aliphatic heterocycles. The Morgan fingerprint density at radius 2 is 1.28 bits per heavy atom. The van der Waals surface area contributed by atoms with Gasteiger partial charge in [-0.1, -0.05) is 48.6 Å². The molecular formula is C20H18N8O6S2. The lowest BCUT2D eigenvalue weighted by Crippen LogP contribution is -2.49. The normalized spacial score (nSPS) is 16.0. The van der Waals surface area contributed by atoms with Crippen LogP contribution < -0.4 is 10.6 Å². The van der Waals surface area contributed by atoms with E-state index in [1.807, 2.05) is 0 Å². The highest BCUT2D eigenvalue weighted by molar-refractivity contribution is 8.05. The molecule has 1 aromatic carbocycles. The number of nitrogens with zero attached hydrogens (tertiary/aromatic N) is 6. The molecule has 4 rings (SSSR count). The van der Waals surface area contributed by atoms with E-state index in [9.17, 15) is 25.9 Å². The zero-order chi connectivity index (χ0) is 25.8. The number of allylic oxidation sites excluding steroid dienone is 4. The van der Waals surface area contributed by atoms with Crippen LogP contribution in [0.5, 0.6) is 0 Å². The van der Waals surface area contributed by atoms with E-state index in [1.165, 1.54) is 24.8 Å². The van der Waals surface area contributed by atoms with Crippen molar-refractivity contribution in [1.82, 2.24) is 29.9 Å². The first-order valence-corrected chi connectivity index (χ1v) is 12.9. The second-order valence-electron chi connectivity index (χ2n) is 7.21. The second kappa shape index (κ2) is 9.86. The molecular weight excluding hydrogens is 512 g/mol. The topological polar surface area (TPSA) is 210 Å². The average molecular weight is 531 g/mol. The lowest BCUT2D eigenvalue weighted by Gasteiger charge is -2.33. The number of hydrogen-bond donors (Lipinski definition) is 4. The number of hydrogen-bond acceptors (Lipinski definition) is 12. The monoisotopic (exact) mass is 530 g/mol. The Balaban J connectivity index is 2.09. The van der Waals surface area contributed by atoms with Gasteiger partial charge in [-0.2, -0.15) is 16.8 Å². The molecule has 0 saturated heterocycles. The van der Waals surface area contributed by atoms with Crippen molar-refractivity contribution in [3.8, 4) is 0 Å². The van der Waals surface area contributed by atoms with Crippen LogP contribution >= 0.6 is 0 Å². The van der Waals surface area contributed by atoms with E-state index in [2.05, 4.69) is 40.5 Å². The standard InChI is InChI=1S/C20H18N8O6S2/c29-35(30,31)20(36(32,33)34)9-5-4-8-15(20)17(28-19-25-12-22-13-26-19)16(14-6-2-1-3-7-14)27-18-23-10-21-11-24-18/h1-8,10-13H,9H2,(H,29,30,31)(H,32,33,34)(H,21,23,24,27)(H,22,25,26,28). The molecule has 14 nitrogen and oxygen atoms in total. The molecule has 1 aliphatic rings. The first kappa shape index (κ1) is 25.0. The van der Waals surface area contributed by atoms with Crippen LogP contribution in [0.15, 0.2) is 85.1 Å². The SMILES string of the molecule is O=S(=O)(O)C1(S(=O)(=O)O)CC=CC=C1C(Nc1ncncn1)=C(Nc1ncncn1)c1ccccc1. The highest BCUT2D eigenvalue weighted by Crippen LogP contribution is 2.43. The molecule has 186 valence electrons. The Morgan fingerprint density at radius 1 is 0.778 bits per heavy atom. The summed E-state index contributed by atoms with van der Waals surface area (Å²) >= 11 is 0. The third kappa shape index (κ3) is 4.82. The number of nitrogens with one attached hydrogen (secondary N) is 2. The minimum absolute atomic E-state index is 0.0232. The van der Waals surface area contributed by atoms with Crippen molar-refractivity contribution in [3.05, 3.63) is 90.7 Å². The first-order chi connectivity index (χ1) is 17.1. The van der Waals surface area contributed by atoms with E-state index in [0.717, 1.165) is 18.7 Å². The van der Waals surface area contributed by atoms with E-state index in [4.69, 9.17) is 0 Å². The van der Waals surface area contributed by atoms with Crippen LogP contribution in [0.2, 0.25) is 0 Å². The van der Waals surface area contributed by atoms with Crippen molar-refractivity contribution in [3.63, 3.8) is 0 Å². The van der Waals surface area contributed by atoms with E-state index in [-0.39, 0.29) is 23.3 Å². The van der Waals surface area contributed by atoms with Crippen LogP contribution in [-0.4, -0.2) is 59.9 Å². The van der Waals surface area contributed by atoms with Crippen LogP contribution in [0, 0.1) is 0 Å². The Labute approximate surface area is 205 Å². The van der Waals surface area contributed by atoms with Gasteiger partial charge in [0.2, 0.25) is 11.9 Å². The maximum atomic E-state index is 12.6. The van der Waals surface area contributed by atoms with Gasteiger partial charge in [0.05, 0.1) is 11.4 Å². The molecule has 4 N–H and O–H groups in total. The molecule has 0 unspecified atom stereocenters. The fourth-order valence-electron chi connectivity index (χ4n) is 3.50. The number of rotatable bonds is 8. The quantitative estimate of drug-likeness (QED) is 0.303. The molecule has 0 atom stereocenters. The molecule has 0 amide bonds. The summed E-state index contributed by atoms with van der Waals surface area (Å²) in [5, 5.41) is 5.72. The van der Waals surface area contributed by atoms with E-state index in [1.54, 1.807) is 30.3 Å². The summed E-state index contributed by atoms with van der Waals surface area (Å²) in [6.45, 7) is 0. The predicted molar refractivity (Wildman–Crippen MR) is 128 cm³/mol. The van der Waals surface area contributed by atoms with Gasteiger partial charge in [0.15, 0.2) is 0 Å². The van der Waals surface area contributed by atoms with Crippen molar-refractivity contribution in [2.24, 2.45) is 0 Å². The maximum absolute atomic E-state index is 12.6. The number of aromatic nitrogens is 6. The summed E-state index contributed by atoms with van der Waals surface area (Å²) in [6, 6.07) is 8.37. The molecule has 16 heteroatoms. The summed E-state index contributed by atoms with van der Waals surface area (Å²) in [5.74, 6) is -0.0732.